The maximum absolute atomic E-state index is 12.5. The molecule has 1 unspecified atom stereocenters. The fourth-order valence-electron chi connectivity index (χ4n) is 2.30. The second kappa shape index (κ2) is 5.72. The zero-order valence-corrected chi connectivity index (χ0v) is 14.1. The minimum absolute atomic E-state index is 0.299. The van der Waals surface area contributed by atoms with Gasteiger partial charge in [-0.2, -0.15) is 4.31 Å². The number of rotatable bonds is 3. The number of hydrogen-bond donors (Lipinski definition) is 0. The van der Waals surface area contributed by atoms with Gasteiger partial charge in [0.1, 0.15) is 0 Å². The molecule has 1 atom stereocenters. The summed E-state index contributed by atoms with van der Waals surface area (Å²) in [4.78, 5) is 0.299. The fraction of sp³-hybridized carbons (Fsp3) is 0.538. The molecule has 2 rings (SSSR count). The van der Waals surface area contributed by atoms with Crippen molar-refractivity contribution in [3.8, 4) is 0 Å². The maximum atomic E-state index is 12.5. The van der Waals surface area contributed by atoms with Gasteiger partial charge in [-0.1, -0.05) is 25.4 Å². The van der Waals surface area contributed by atoms with Crippen LogP contribution in [0.4, 0.5) is 0 Å². The van der Waals surface area contributed by atoms with Gasteiger partial charge in [-0.25, -0.2) is 8.42 Å². The molecule has 1 aliphatic rings. The smallest absolute Gasteiger partial charge is 0.207 e. The summed E-state index contributed by atoms with van der Waals surface area (Å²) in [7, 11) is -3.40. The minimum Gasteiger partial charge on any atom is -0.207 e. The monoisotopic (exact) mass is 365 g/mol. The van der Waals surface area contributed by atoms with E-state index in [9.17, 15) is 8.42 Å². The Morgan fingerprint density at radius 2 is 2.11 bits per heavy atom. The van der Waals surface area contributed by atoms with E-state index in [0.29, 0.717) is 39.3 Å². The van der Waals surface area contributed by atoms with Gasteiger partial charge in [0.2, 0.25) is 10.0 Å². The van der Waals surface area contributed by atoms with Crippen LogP contribution < -0.4 is 0 Å². The molecule has 1 heterocycles. The van der Waals surface area contributed by atoms with Crippen LogP contribution in [0.3, 0.4) is 0 Å². The van der Waals surface area contributed by atoms with Crippen molar-refractivity contribution in [3.05, 3.63) is 27.7 Å². The van der Waals surface area contributed by atoms with Crippen LogP contribution in [-0.4, -0.2) is 25.8 Å². The lowest BCUT2D eigenvalue weighted by Crippen LogP contribution is -2.29. The third kappa shape index (κ3) is 3.15. The van der Waals surface area contributed by atoms with Gasteiger partial charge in [0.05, 0.1) is 9.92 Å². The summed E-state index contributed by atoms with van der Waals surface area (Å²) < 4.78 is 27.2. The standard InChI is InChI=1S/C13H17BrClNO2S/c1-9(2)10-5-6-16(8-10)19(17,18)11-3-4-13(15)12(14)7-11/h3-4,7,9-10H,5-6,8H2,1-2H3. The van der Waals surface area contributed by atoms with Crippen molar-refractivity contribution in [2.45, 2.75) is 25.2 Å². The van der Waals surface area contributed by atoms with Crippen LogP contribution in [0.15, 0.2) is 27.6 Å². The van der Waals surface area contributed by atoms with E-state index in [1.54, 1.807) is 22.5 Å². The summed E-state index contributed by atoms with van der Waals surface area (Å²) in [5.74, 6) is 0.961. The first kappa shape index (κ1) is 15.3. The Kier molecular flexibility index (Phi) is 4.60. The third-order valence-electron chi connectivity index (χ3n) is 3.66. The Morgan fingerprint density at radius 3 is 2.63 bits per heavy atom. The zero-order valence-electron chi connectivity index (χ0n) is 10.9. The molecule has 0 aliphatic carbocycles. The van der Waals surface area contributed by atoms with E-state index in [0.717, 1.165) is 6.42 Å². The molecule has 19 heavy (non-hydrogen) atoms. The number of hydrogen-bond acceptors (Lipinski definition) is 2. The lowest BCUT2D eigenvalue weighted by Gasteiger charge is -2.18. The summed E-state index contributed by atoms with van der Waals surface area (Å²) in [5.41, 5.74) is 0. The van der Waals surface area contributed by atoms with Gasteiger partial charge >= 0.3 is 0 Å². The van der Waals surface area contributed by atoms with Gasteiger partial charge in [0.25, 0.3) is 0 Å². The van der Waals surface area contributed by atoms with E-state index in [1.165, 1.54) is 0 Å². The van der Waals surface area contributed by atoms with Crippen LogP contribution >= 0.6 is 27.5 Å². The summed E-state index contributed by atoms with van der Waals surface area (Å²) in [6.07, 6.45) is 0.936. The average Bonchev–Trinajstić information content (AvgIpc) is 2.82. The van der Waals surface area contributed by atoms with Crippen molar-refractivity contribution in [3.63, 3.8) is 0 Å². The summed E-state index contributed by atoms with van der Waals surface area (Å²) in [6, 6.07) is 4.74. The van der Waals surface area contributed by atoms with E-state index in [1.807, 2.05) is 0 Å². The molecule has 0 N–H and O–H groups in total. The Hall–Kier alpha value is -0.100. The molecule has 0 spiro atoms. The molecule has 1 fully saturated rings. The highest BCUT2D eigenvalue weighted by atomic mass is 79.9. The first-order valence-corrected chi connectivity index (χ1v) is 8.88. The van der Waals surface area contributed by atoms with Crippen molar-refractivity contribution in [2.24, 2.45) is 11.8 Å². The Bertz CT molecular complexity index is 574. The predicted octanol–water partition coefficient (Wildman–Crippen LogP) is 3.77. The first-order chi connectivity index (χ1) is 8.82. The molecule has 0 aromatic heterocycles. The highest BCUT2D eigenvalue weighted by Crippen LogP contribution is 2.31. The van der Waals surface area contributed by atoms with E-state index >= 15 is 0 Å². The molecule has 0 bridgehead atoms. The molecule has 0 amide bonds. The van der Waals surface area contributed by atoms with E-state index in [-0.39, 0.29) is 0 Å². The molecule has 106 valence electrons. The minimum atomic E-state index is -3.40. The van der Waals surface area contributed by atoms with Crippen LogP contribution in [0.2, 0.25) is 5.02 Å². The molecule has 1 saturated heterocycles. The lowest BCUT2D eigenvalue weighted by molar-refractivity contribution is 0.388. The van der Waals surface area contributed by atoms with Crippen molar-refractivity contribution in [1.82, 2.24) is 4.31 Å². The summed E-state index contributed by atoms with van der Waals surface area (Å²) in [6.45, 7) is 5.49. The Labute approximate surface area is 128 Å². The van der Waals surface area contributed by atoms with Gasteiger partial charge < -0.3 is 0 Å². The third-order valence-corrected chi connectivity index (χ3v) is 6.73. The highest BCUT2D eigenvalue weighted by Gasteiger charge is 2.33. The largest absolute Gasteiger partial charge is 0.243 e. The second-order valence-electron chi connectivity index (χ2n) is 5.23. The van der Waals surface area contributed by atoms with Crippen molar-refractivity contribution in [2.75, 3.05) is 13.1 Å². The van der Waals surface area contributed by atoms with Crippen LogP contribution in [0.5, 0.6) is 0 Å². The fourth-order valence-corrected chi connectivity index (χ4v) is 4.49. The normalized spacial score (nSPS) is 21.2. The molecule has 1 aromatic carbocycles. The average molecular weight is 367 g/mol. The molecule has 6 heteroatoms. The zero-order chi connectivity index (χ0) is 14.2. The van der Waals surface area contributed by atoms with Gasteiger partial charge in [0.15, 0.2) is 0 Å². The summed E-state index contributed by atoms with van der Waals surface area (Å²) >= 11 is 9.17. The van der Waals surface area contributed by atoms with E-state index in [4.69, 9.17) is 11.6 Å². The molecule has 0 saturated carbocycles. The number of benzene rings is 1. The van der Waals surface area contributed by atoms with Crippen LogP contribution in [0, 0.1) is 11.8 Å². The number of halogens is 2. The molecule has 0 radical (unpaired) electrons. The predicted molar refractivity (Wildman–Crippen MR) is 80.9 cm³/mol. The van der Waals surface area contributed by atoms with Crippen LogP contribution in [0.1, 0.15) is 20.3 Å². The first-order valence-electron chi connectivity index (χ1n) is 6.27. The van der Waals surface area contributed by atoms with Crippen molar-refractivity contribution >= 4 is 37.6 Å². The van der Waals surface area contributed by atoms with Crippen LogP contribution in [-0.2, 0) is 10.0 Å². The molecule has 3 nitrogen and oxygen atoms in total. The second-order valence-corrected chi connectivity index (χ2v) is 8.43. The number of sulfonamides is 1. The lowest BCUT2D eigenvalue weighted by atomic mass is 9.96. The molecular formula is C13H17BrClNO2S. The summed E-state index contributed by atoms with van der Waals surface area (Å²) in [5, 5.41) is 0.514. The molecule has 1 aliphatic heterocycles. The van der Waals surface area contributed by atoms with Gasteiger partial charge in [-0.15, -0.1) is 0 Å². The van der Waals surface area contributed by atoms with E-state index < -0.39 is 10.0 Å². The molecular weight excluding hydrogens is 350 g/mol. The SMILES string of the molecule is CC(C)C1CCN(S(=O)(=O)c2ccc(Cl)c(Br)c2)C1. The Morgan fingerprint density at radius 1 is 1.42 bits per heavy atom. The van der Waals surface area contributed by atoms with Crippen LogP contribution in [0.25, 0.3) is 0 Å². The topological polar surface area (TPSA) is 37.4 Å². The van der Waals surface area contributed by atoms with Gasteiger partial charge in [-0.3, -0.25) is 0 Å². The van der Waals surface area contributed by atoms with Gasteiger partial charge in [-0.05, 0) is 52.4 Å². The quantitative estimate of drug-likeness (QED) is 0.816. The van der Waals surface area contributed by atoms with E-state index in [2.05, 4.69) is 29.8 Å². The Balaban J connectivity index is 2.26. The highest BCUT2D eigenvalue weighted by molar-refractivity contribution is 9.10. The number of nitrogens with zero attached hydrogens (tertiary/aromatic N) is 1. The van der Waals surface area contributed by atoms with Gasteiger partial charge in [0, 0.05) is 17.6 Å². The molecule has 1 aromatic rings. The van der Waals surface area contributed by atoms with Crippen molar-refractivity contribution in [1.29, 1.82) is 0 Å². The van der Waals surface area contributed by atoms with Crippen molar-refractivity contribution < 1.29 is 8.42 Å². The maximum Gasteiger partial charge on any atom is 0.243 e.